The molecule has 3 aromatic rings. The van der Waals surface area contributed by atoms with E-state index in [1.165, 1.54) is 6.33 Å². The highest BCUT2D eigenvalue weighted by molar-refractivity contribution is 5.79. The highest BCUT2D eigenvalue weighted by Crippen LogP contribution is 2.32. The van der Waals surface area contributed by atoms with Crippen LogP contribution in [0, 0.1) is 5.92 Å². The van der Waals surface area contributed by atoms with Gasteiger partial charge in [0.15, 0.2) is 11.6 Å². The Morgan fingerprint density at radius 1 is 1.12 bits per heavy atom. The summed E-state index contributed by atoms with van der Waals surface area (Å²) in [4.78, 5) is 23.1. The van der Waals surface area contributed by atoms with E-state index in [1.807, 2.05) is 77.5 Å². The Morgan fingerprint density at radius 2 is 1.78 bits per heavy atom. The lowest BCUT2D eigenvalue weighted by Crippen LogP contribution is -2.40. The molecule has 1 fully saturated rings. The second-order valence-electron chi connectivity index (χ2n) is 7.62. The highest BCUT2D eigenvalue weighted by Gasteiger charge is 2.29. The minimum absolute atomic E-state index is 0.164. The van der Waals surface area contributed by atoms with E-state index in [-0.39, 0.29) is 11.9 Å². The maximum absolute atomic E-state index is 12.3. The highest BCUT2D eigenvalue weighted by atomic mass is 16.5. The molecule has 1 saturated heterocycles. The molecule has 2 aromatic carbocycles. The summed E-state index contributed by atoms with van der Waals surface area (Å²) in [6.45, 7) is 3.51. The predicted octanol–water partition coefficient (Wildman–Crippen LogP) is 4.00. The molecule has 1 unspecified atom stereocenters. The fourth-order valence-electron chi connectivity index (χ4n) is 3.89. The van der Waals surface area contributed by atoms with Gasteiger partial charge in [0.1, 0.15) is 12.0 Å². The zero-order chi connectivity index (χ0) is 22.3. The second kappa shape index (κ2) is 10.00. The van der Waals surface area contributed by atoms with Gasteiger partial charge in [0.25, 0.3) is 0 Å². The van der Waals surface area contributed by atoms with Crippen LogP contribution in [0.4, 0.5) is 28.7 Å². The largest absolute Gasteiger partial charge is 0.466 e. The molecule has 8 heteroatoms. The summed E-state index contributed by atoms with van der Waals surface area (Å²) in [6, 6.07) is 19.9. The normalized spacial score (nSPS) is 15.8. The van der Waals surface area contributed by atoms with Gasteiger partial charge in [-0.15, -0.1) is 0 Å². The molecule has 1 atom stereocenters. The van der Waals surface area contributed by atoms with Crippen molar-refractivity contribution in [2.75, 3.05) is 40.8 Å². The van der Waals surface area contributed by atoms with Crippen LogP contribution in [0.25, 0.3) is 0 Å². The number of carbonyl (C=O) groups excluding carboxylic acids is 1. The molecule has 3 N–H and O–H groups in total. The molecule has 0 saturated carbocycles. The summed E-state index contributed by atoms with van der Waals surface area (Å²) in [7, 11) is 0. The van der Waals surface area contributed by atoms with Gasteiger partial charge in [0.2, 0.25) is 0 Å². The van der Waals surface area contributed by atoms with E-state index in [0.717, 1.165) is 30.8 Å². The number of carbonyl (C=O) groups is 1. The Morgan fingerprint density at radius 3 is 2.41 bits per heavy atom. The summed E-state index contributed by atoms with van der Waals surface area (Å²) in [5, 5.41) is 1.93. The summed E-state index contributed by atoms with van der Waals surface area (Å²) < 4.78 is 5.22. The number of nitrogens with two attached hydrogens (primary N) is 1. The van der Waals surface area contributed by atoms with Crippen LogP contribution >= 0.6 is 0 Å². The molecule has 4 rings (SSSR count). The van der Waals surface area contributed by atoms with Crippen molar-refractivity contribution in [3.05, 3.63) is 67.0 Å². The number of para-hydroxylation sites is 2. The van der Waals surface area contributed by atoms with Crippen molar-refractivity contribution in [1.82, 2.24) is 9.97 Å². The van der Waals surface area contributed by atoms with Crippen molar-refractivity contribution in [3.8, 4) is 0 Å². The molecule has 166 valence electrons. The van der Waals surface area contributed by atoms with E-state index in [2.05, 4.69) is 15.4 Å². The van der Waals surface area contributed by atoms with Gasteiger partial charge in [0.05, 0.1) is 23.9 Å². The molecule has 0 aliphatic carbocycles. The standard InChI is InChI=1S/C24H28N6O2/c1-2-32-24(31)18-10-9-15-29(16-18)23-21(25)22(26-17-27-23)28-30(19-11-5-3-6-12-19)20-13-7-4-8-14-20/h3-8,11-14,17-18H,2,9-10,15-16,25H2,1H3,(H,26,27,28). The third-order valence-corrected chi connectivity index (χ3v) is 5.45. The van der Waals surface area contributed by atoms with Crippen molar-refractivity contribution in [3.63, 3.8) is 0 Å². The molecule has 2 heterocycles. The van der Waals surface area contributed by atoms with Gasteiger partial charge in [-0.25, -0.2) is 9.97 Å². The maximum atomic E-state index is 12.3. The van der Waals surface area contributed by atoms with E-state index in [9.17, 15) is 4.79 Å². The van der Waals surface area contributed by atoms with E-state index in [0.29, 0.717) is 30.5 Å². The molecule has 0 spiro atoms. The van der Waals surface area contributed by atoms with Gasteiger partial charge in [-0.05, 0) is 44.0 Å². The number of rotatable bonds is 7. The van der Waals surface area contributed by atoms with Gasteiger partial charge in [-0.2, -0.15) is 0 Å². The lowest BCUT2D eigenvalue weighted by Gasteiger charge is -2.33. The first kappa shape index (κ1) is 21.4. The van der Waals surface area contributed by atoms with E-state index in [4.69, 9.17) is 10.5 Å². The SMILES string of the molecule is CCOC(=O)C1CCCN(c2ncnc(NN(c3ccccc3)c3ccccc3)c2N)C1. The summed E-state index contributed by atoms with van der Waals surface area (Å²) in [6.07, 6.45) is 3.17. The first-order valence-electron chi connectivity index (χ1n) is 10.9. The van der Waals surface area contributed by atoms with Crippen molar-refractivity contribution in [2.45, 2.75) is 19.8 Å². The van der Waals surface area contributed by atoms with Gasteiger partial charge in [0, 0.05) is 13.1 Å². The lowest BCUT2D eigenvalue weighted by atomic mass is 9.98. The Balaban J connectivity index is 1.61. The molecule has 32 heavy (non-hydrogen) atoms. The number of nitrogens with one attached hydrogen (secondary N) is 1. The second-order valence-corrected chi connectivity index (χ2v) is 7.62. The third kappa shape index (κ3) is 4.74. The molecular weight excluding hydrogens is 404 g/mol. The van der Waals surface area contributed by atoms with Crippen LogP contribution in [0.15, 0.2) is 67.0 Å². The quantitative estimate of drug-likeness (QED) is 0.427. The Labute approximate surface area is 188 Å². The Kier molecular flexibility index (Phi) is 6.69. The van der Waals surface area contributed by atoms with Crippen LogP contribution in [0.5, 0.6) is 0 Å². The van der Waals surface area contributed by atoms with Gasteiger partial charge in [-0.1, -0.05) is 36.4 Å². The number of anilines is 5. The Bertz CT molecular complexity index is 992. The van der Waals surface area contributed by atoms with Crippen molar-refractivity contribution >= 4 is 34.7 Å². The number of ether oxygens (including phenoxy) is 1. The van der Waals surface area contributed by atoms with E-state index in [1.54, 1.807) is 0 Å². The fourth-order valence-corrected chi connectivity index (χ4v) is 3.89. The van der Waals surface area contributed by atoms with Crippen LogP contribution in [-0.4, -0.2) is 35.6 Å². The average Bonchev–Trinajstić information content (AvgIpc) is 2.85. The number of piperidine rings is 1. The number of aromatic nitrogens is 2. The van der Waals surface area contributed by atoms with Crippen molar-refractivity contribution < 1.29 is 9.53 Å². The van der Waals surface area contributed by atoms with Gasteiger partial charge >= 0.3 is 5.97 Å². The minimum Gasteiger partial charge on any atom is -0.466 e. The number of nitrogen functional groups attached to an aromatic ring is 1. The lowest BCUT2D eigenvalue weighted by molar-refractivity contribution is -0.148. The number of benzene rings is 2. The molecule has 1 aliphatic heterocycles. The summed E-state index contributed by atoms with van der Waals surface area (Å²) in [5.74, 6) is 0.778. The number of esters is 1. The maximum Gasteiger partial charge on any atom is 0.310 e. The first-order chi connectivity index (χ1) is 15.7. The third-order valence-electron chi connectivity index (χ3n) is 5.45. The summed E-state index contributed by atoms with van der Waals surface area (Å²) in [5.41, 5.74) is 12.2. The number of hydrazine groups is 1. The van der Waals surface area contributed by atoms with Crippen molar-refractivity contribution in [2.24, 2.45) is 5.92 Å². The topological polar surface area (TPSA) is 96.6 Å². The van der Waals surface area contributed by atoms with Crippen molar-refractivity contribution in [1.29, 1.82) is 0 Å². The van der Waals surface area contributed by atoms with Crippen LogP contribution in [0.2, 0.25) is 0 Å². The van der Waals surface area contributed by atoms with E-state index >= 15 is 0 Å². The molecule has 0 bridgehead atoms. The van der Waals surface area contributed by atoms with E-state index < -0.39 is 0 Å². The number of hydrogen-bond donors (Lipinski definition) is 2. The summed E-state index contributed by atoms with van der Waals surface area (Å²) >= 11 is 0. The zero-order valence-electron chi connectivity index (χ0n) is 18.1. The molecular formula is C24H28N6O2. The number of nitrogens with zero attached hydrogens (tertiary/aromatic N) is 4. The van der Waals surface area contributed by atoms with Gasteiger partial charge in [-0.3, -0.25) is 15.2 Å². The van der Waals surface area contributed by atoms with Crippen LogP contribution in [0.3, 0.4) is 0 Å². The molecule has 0 amide bonds. The smallest absolute Gasteiger partial charge is 0.310 e. The van der Waals surface area contributed by atoms with Gasteiger partial charge < -0.3 is 15.4 Å². The average molecular weight is 433 g/mol. The molecule has 0 radical (unpaired) electrons. The molecule has 1 aromatic heterocycles. The molecule has 8 nitrogen and oxygen atoms in total. The van der Waals surface area contributed by atoms with Crippen LogP contribution < -0.4 is 21.1 Å². The minimum atomic E-state index is -0.181. The number of hydrogen-bond acceptors (Lipinski definition) is 8. The zero-order valence-corrected chi connectivity index (χ0v) is 18.1. The van der Waals surface area contributed by atoms with Crippen LogP contribution in [-0.2, 0) is 9.53 Å². The molecule has 1 aliphatic rings. The first-order valence-corrected chi connectivity index (χ1v) is 10.9. The fraction of sp³-hybridized carbons (Fsp3) is 0.292. The monoisotopic (exact) mass is 432 g/mol. The Hall–Kier alpha value is -3.81. The van der Waals surface area contributed by atoms with Crippen LogP contribution in [0.1, 0.15) is 19.8 Å². The predicted molar refractivity (Wildman–Crippen MR) is 127 cm³/mol.